The molecule has 120 valence electrons. The highest BCUT2D eigenvalue weighted by Gasteiger charge is 2.36. The zero-order valence-electron chi connectivity index (χ0n) is 12.9. The summed E-state index contributed by atoms with van der Waals surface area (Å²) in [6.07, 6.45) is 1.71. The Bertz CT molecular complexity index is 705. The molecule has 1 aromatic heterocycles. The monoisotopic (exact) mass is 314 g/mol. The Morgan fingerprint density at radius 3 is 2.83 bits per heavy atom. The maximum atomic E-state index is 13.7. The van der Waals surface area contributed by atoms with E-state index in [1.54, 1.807) is 30.2 Å². The summed E-state index contributed by atoms with van der Waals surface area (Å²) in [4.78, 5) is 18.6. The van der Waals surface area contributed by atoms with Crippen LogP contribution in [0.25, 0.3) is 0 Å². The number of rotatable bonds is 3. The normalized spacial score (nSPS) is 20.7. The van der Waals surface area contributed by atoms with Gasteiger partial charge in [-0.2, -0.15) is 0 Å². The van der Waals surface area contributed by atoms with Gasteiger partial charge in [0.15, 0.2) is 0 Å². The molecule has 23 heavy (non-hydrogen) atoms. The Labute approximate surface area is 134 Å². The number of amides is 1. The first-order chi connectivity index (χ1) is 11.1. The number of carbonyl (C=O) groups excluding carboxylic acids is 1. The molecule has 0 spiro atoms. The largest absolute Gasteiger partial charge is 0.396 e. The number of aryl methyl sites for hydroxylation is 1. The lowest BCUT2D eigenvalue weighted by Crippen LogP contribution is -2.29. The molecular formula is C18H19FN2O2. The minimum atomic E-state index is -0.380. The summed E-state index contributed by atoms with van der Waals surface area (Å²) in [5.74, 6) is -0.639. The second kappa shape index (κ2) is 6.46. The van der Waals surface area contributed by atoms with Crippen LogP contribution in [-0.4, -0.2) is 40.6 Å². The number of aliphatic hydroxyl groups is 1. The first kappa shape index (κ1) is 15.6. The van der Waals surface area contributed by atoms with E-state index in [2.05, 4.69) is 4.98 Å². The van der Waals surface area contributed by atoms with Crippen LogP contribution in [0.5, 0.6) is 0 Å². The molecule has 0 unspecified atom stereocenters. The van der Waals surface area contributed by atoms with E-state index in [-0.39, 0.29) is 30.2 Å². The summed E-state index contributed by atoms with van der Waals surface area (Å²) in [7, 11) is 0. The Morgan fingerprint density at radius 1 is 1.35 bits per heavy atom. The molecule has 2 aromatic rings. The SMILES string of the molecule is Cc1ccc(C(=O)N2C[C@@H](CO)[C@H](c3ccccn3)C2)cc1F. The van der Waals surface area contributed by atoms with Crippen LogP contribution in [0.3, 0.4) is 0 Å². The van der Waals surface area contributed by atoms with Crippen molar-refractivity contribution >= 4 is 5.91 Å². The zero-order valence-corrected chi connectivity index (χ0v) is 12.9. The third-order valence-electron chi connectivity index (χ3n) is 4.45. The zero-order chi connectivity index (χ0) is 16.4. The van der Waals surface area contributed by atoms with Crippen LogP contribution < -0.4 is 0 Å². The van der Waals surface area contributed by atoms with Crippen molar-refractivity contribution in [1.82, 2.24) is 9.88 Å². The Morgan fingerprint density at radius 2 is 2.17 bits per heavy atom. The molecule has 5 heteroatoms. The van der Waals surface area contributed by atoms with Crippen molar-refractivity contribution in [1.29, 1.82) is 0 Å². The van der Waals surface area contributed by atoms with Crippen molar-refractivity contribution in [2.24, 2.45) is 5.92 Å². The van der Waals surface area contributed by atoms with Crippen LogP contribution in [0.4, 0.5) is 4.39 Å². The molecule has 1 fully saturated rings. The van der Waals surface area contributed by atoms with Crippen molar-refractivity contribution < 1.29 is 14.3 Å². The van der Waals surface area contributed by atoms with Gasteiger partial charge in [-0.1, -0.05) is 12.1 Å². The van der Waals surface area contributed by atoms with E-state index < -0.39 is 0 Å². The van der Waals surface area contributed by atoms with Gasteiger partial charge in [0.1, 0.15) is 5.82 Å². The third-order valence-corrected chi connectivity index (χ3v) is 4.45. The Kier molecular flexibility index (Phi) is 4.39. The van der Waals surface area contributed by atoms with Gasteiger partial charge in [0.25, 0.3) is 5.91 Å². The average Bonchev–Trinajstić information content (AvgIpc) is 3.02. The van der Waals surface area contributed by atoms with E-state index in [0.717, 1.165) is 5.69 Å². The lowest BCUT2D eigenvalue weighted by molar-refractivity contribution is 0.0781. The molecule has 1 saturated heterocycles. The standard InChI is InChI=1S/C18H19FN2O2/c1-12-5-6-13(8-16(12)19)18(23)21-9-14(11-22)15(10-21)17-4-2-3-7-20-17/h2-8,14-15,22H,9-11H2,1H3/t14-,15+/m0/s1. The van der Waals surface area contributed by atoms with Crippen molar-refractivity contribution in [3.8, 4) is 0 Å². The van der Waals surface area contributed by atoms with Crippen molar-refractivity contribution in [2.45, 2.75) is 12.8 Å². The first-order valence-electron chi connectivity index (χ1n) is 7.67. The molecule has 1 N–H and O–H groups in total. The quantitative estimate of drug-likeness (QED) is 0.946. The second-order valence-electron chi connectivity index (χ2n) is 5.98. The van der Waals surface area contributed by atoms with E-state index in [9.17, 15) is 14.3 Å². The van der Waals surface area contributed by atoms with Gasteiger partial charge in [0.2, 0.25) is 0 Å². The van der Waals surface area contributed by atoms with Gasteiger partial charge in [-0.15, -0.1) is 0 Å². The summed E-state index contributed by atoms with van der Waals surface area (Å²) in [6, 6.07) is 10.2. The maximum Gasteiger partial charge on any atom is 0.253 e. The molecule has 0 aliphatic carbocycles. The number of aromatic nitrogens is 1. The summed E-state index contributed by atoms with van der Waals surface area (Å²) in [5, 5.41) is 9.62. The number of likely N-dealkylation sites (tertiary alicyclic amines) is 1. The van der Waals surface area contributed by atoms with Crippen LogP contribution in [0, 0.1) is 18.7 Å². The molecule has 0 bridgehead atoms. The number of benzene rings is 1. The molecule has 2 heterocycles. The number of carbonyl (C=O) groups is 1. The van der Waals surface area contributed by atoms with Gasteiger partial charge in [-0.05, 0) is 36.8 Å². The van der Waals surface area contributed by atoms with E-state index in [0.29, 0.717) is 24.2 Å². The molecule has 0 radical (unpaired) electrons. The number of hydrogen-bond acceptors (Lipinski definition) is 3. The smallest absolute Gasteiger partial charge is 0.253 e. The van der Waals surface area contributed by atoms with Crippen LogP contribution >= 0.6 is 0 Å². The Hall–Kier alpha value is -2.27. The average molecular weight is 314 g/mol. The highest BCUT2D eigenvalue weighted by atomic mass is 19.1. The molecule has 4 nitrogen and oxygen atoms in total. The Balaban J connectivity index is 1.81. The minimum absolute atomic E-state index is 0.000412. The van der Waals surface area contributed by atoms with Gasteiger partial charge in [0.05, 0.1) is 0 Å². The molecular weight excluding hydrogens is 295 g/mol. The number of halogens is 1. The maximum absolute atomic E-state index is 13.7. The lowest BCUT2D eigenvalue weighted by atomic mass is 9.93. The fourth-order valence-corrected chi connectivity index (χ4v) is 3.06. The predicted octanol–water partition coefficient (Wildman–Crippen LogP) is 2.38. The van der Waals surface area contributed by atoms with E-state index >= 15 is 0 Å². The molecule has 0 saturated carbocycles. The topological polar surface area (TPSA) is 53.4 Å². The first-order valence-corrected chi connectivity index (χ1v) is 7.67. The van der Waals surface area contributed by atoms with Crippen molar-refractivity contribution in [2.75, 3.05) is 19.7 Å². The van der Waals surface area contributed by atoms with Gasteiger partial charge in [0, 0.05) is 49.0 Å². The fraction of sp³-hybridized carbons (Fsp3) is 0.333. The summed E-state index contributed by atoms with van der Waals surface area (Å²) in [5.41, 5.74) is 1.73. The third kappa shape index (κ3) is 3.10. The molecule has 2 atom stereocenters. The molecule has 3 rings (SSSR count). The number of hydrogen-bond donors (Lipinski definition) is 1. The van der Waals surface area contributed by atoms with E-state index in [1.807, 2.05) is 18.2 Å². The number of pyridine rings is 1. The van der Waals surface area contributed by atoms with Gasteiger partial charge in [-0.25, -0.2) is 4.39 Å². The van der Waals surface area contributed by atoms with Crippen molar-refractivity contribution in [3.05, 3.63) is 65.2 Å². The highest BCUT2D eigenvalue weighted by Crippen LogP contribution is 2.32. The summed E-state index contributed by atoms with van der Waals surface area (Å²) < 4.78 is 13.7. The van der Waals surface area contributed by atoms with Crippen LogP contribution in [-0.2, 0) is 0 Å². The van der Waals surface area contributed by atoms with Gasteiger partial charge < -0.3 is 10.0 Å². The van der Waals surface area contributed by atoms with Crippen LogP contribution in [0.1, 0.15) is 27.5 Å². The van der Waals surface area contributed by atoms with E-state index in [4.69, 9.17) is 0 Å². The molecule has 1 aliphatic heterocycles. The summed E-state index contributed by atoms with van der Waals surface area (Å²) in [6.45, 7) is 2.59. The van der Waals surface area contributed by atoms with Crippen LogP contribution in [0.2, 0.25) is 0 Å². The lowest BCUT2D eigenvalue weighted by Gasteiger charge is -2.16. The number of nitrogens with zero attached hydrogens (tertiary/aromatic N) is 2. The second-order valence-corrected chi connectivity index (χ2v) is 5.98. The predicted molar refractivity (Wildman–Crippen MR) is 84.6 cm³/mol. The van der Waals surface area contributed by atoms with Crippen molar-refractivity contribution in [3.63, 3.8) is 0 Å². The molecule has 1 aliphatic rings. The summed E-state index contributed by atoms with van der Waals surface area (Å²) >= 11 is 0. The van der Waals surface area contributed by atoms with Crippen LogP contribution in [0.15, 0.2) is 42.6 Å². The fourth-order valence-electron chi connectivity index (χ4n) is 3.06. The van der Waals surface area contributed by atoms with Gasteiger partial charge >= 0.3 is 0 Å². The molecule has 1 amide bonds. The minimum Gasteiger partial charge on any atom is -0.396 e. The molecule has 1 aromatic carbocycles. The van der Waals surface area contributed by atoms with Gasteiger partial charge in [-0.3, -0.25) is 9.78 Å². The van der Waals surface area contributed by atoms with E-state index in [1.165, 1.54) is 6.07 Å². The number of aliphatic hydroxyl groups excluding tert-OH is 1. The highest BCUT2D eigenvalue weighted by molar-refractivity contribution is 5.94.